The third kappa shape index (κ3) is 2.23. The average Bonchev–Trinajstić information content (AvgIpc) is 2.29. The topological polar surface area (TPSA) is 29.5 Å². The van der Waals surface area contributed by atoms with Crippen LogP contribution in [0.2, 0.25) is 0 Å². The molecule has 1 fully saturated rings. The molecule has 1 unspecified atom stereocenters. The molecule has 1 spiro atoms. The maximum absolute atomic E-state index is 10.3. The Kier molecular flexibility index (Phi) is 3.13. The Morgan fingerprint density at radius 1 is 1.47 bits per heavy atom. The van der Waals surface area contributed by atoms with Gasteiger partial charge in [-0.3, -0.25) is 0 Å². The smallest absolute Gasteiger partial charge is 0.127 e. The molecule has 17 heavy (non-hydrogen) atoms. The molecule has 2 aliphatic heterocycles. The number of fused-ring (bicyclic) bond motifs is 1. The minimum Gasteiger partial charge on any atom is -0.486 e. The van der Waals surface area contributed by atoms with Crippen molar-refractivity contribution in [3.05, 3.63) is 28.2 Å². The van der Waals surface area contributed by atoms with Crippen LogP contribution in [-0.4, -0.2) is 22.2 Å². The summed E-state index contributed by atoms with van der Waals surface area (Å²) in [7, 11) is 0. The molecule has 2 aliphatic rings. The number of rotatable bonds is 0. The number of aliphatic hydroxyl groups is 1. The minimum atomic E-state index is -0.384. The van der Waals surface area contributed by atoms with Crippen LogP contribution in [0.3, 0.4) is 0 Å². The lowest BCUT2D eigenvalue weighted by atomic mass is 9.86. The highest BCUT2D eigenvalue weighted by Crippen LogP contribution is 2.45. The van der Waals surface area contributed by atoms with E-state index in [9.17, 15) is 5.11 Å². The van der Waals surface area contributed by atoms with E-state index in [0.29, 0.717) is 0 Å². The molecule has 0 bridgehead atoms. The second kappa shape index (κ2) is 4.48. The Bertz CT molecular complexity index is 429. The van der Waals surface area contributed by atoms with Crippen molar-refractivity contribution in [1.82, 2.24) is 0 Å². The minimum absolute atomic E-state index is 0.143. The molecule has 2 nitrogen and oxygen atoms in total. The summed E-state index contributed by atoms with van der Waals surface area (Å²) in [6.45, 7) is 0. The maximum Gasteiger partial charge on any atom is 0.127 e. The molecule has 0 radical (unpaired) electrons. The zero-order valence-corrected chi connectivity index (χ0v) is 11.9. The van der Waals surface area contributed by atoms with E-state index in [1.54, 1.807) is 0 Å². The highest BCUT2D eigenvalue weighted by molar-refractivity contribution is 9.10. The summed E-state index contributed by atoms with van der Waals surface area (Å²) in [5.74, 6) is 3.06. The first kappa shape index (κ1) is 11.9. The number of hydrogen-bond acceptors (Lipinski definition) is 3. The first-order valence-corrected chi connectivity index (χ1v) is 7.88. The zero-order chi connectivity index (χ0) is 11.9. The van der Waals surface area contributed by atoms with Crippen LogP contribution in [0.15, 0.2) is 22.7 Å². The van der Waals surface area contributed by atoms with E-state index >= 15 is 0 Å². The van der Waals surface area contributed by atoms with Gasteiger partial charge < -0.3 is 9.84 Å². The normalized spacial score (nSPS) is 32.0. The van der Waals surface area contributed by atoms with Gasteiger partial charge in [0.15, 0.2) is 0 Å². The molecule has 1 aromatic carbocycles. The number of halogens is 1. The molecule has 92 valence electrons. The van der Waals surface area contributed by atoms with Gasteiger partial charge in [0.25, 0.3) is 0 Å². The molecule has 2 atom stereocenters. The molecule has 0 amide bonds. The second-order valence-corrected chi connectivity index (χ2v) is 6.86. The van der Waals surface area contributed by atoms with Crippen molar-refractivity contribution in [3.63, 3.8) is 0 Å². The maximum atomic E-state index is 10.3. The van der Waals surface area contributed by atoms with Crippen LogP contribution >= 0.6 is 27.7 Å². The summed E-state index contributed by atoms with van der Waals surface area (Å²) in [6, 6.07) is 5.88. The fourth-order valence-corrected chi connectivity index (χ4v) is 4.20. The Labute approximate surface area is 114 Å². The van der Waals surface area contributed by atoms with Crippen molar-refractivity contribution in [2.24, 2.45) is 0 Å². The standard InChI is InChI=1S/C13H15BrO2S/c14-9-2-3-10-11(15)7-13(16-12(10)6-9)4-1-5-17-8-13/h2-3,6,11,15H,1,4-5,7-8H2/t11-,13?/m1/s1. The van der Waals surface area contributed by atoms with Crippen LogP contribution in [0.5, 0.6) is 5.75 Å². The summed E-state index contributed by atoms with van der Waals surface area (Å²) < 4.78 is 7.20. The van der Waals surface area contributed by atoms with Gasteiger partial charge >= 0.3 is 0 Å². The van der Waals surface area contributed by atoms with E-state index in [1.165, 1.54) is 12.2 Å². The van der Waals surface area contributed by atoms with Crippen LogP contribution < -0.4 is 4.74 Å². The summed E-state index contributed by atoms with van der Waals surface area (Å²) in [5.41, 5.74) is 0.783. The van der Waals surface area contributed by atoms with Crippen LogP contribution in [0.1, 0.15) is 30.9 Å². The SMILES string of the molecule is O[C@@H]1CC2(CCCSC2)Oc2cc(Br)ccc21. The quantitative estimate of drug-likeness (QED) is 0.794. The monoisotopic (exact) mass is 314 g/mol. The van der Waals surface area contributed by atoms with E-state index in [4.69, 9.17) is 4.74 Å². The van der Waals surface area contributed by atoms with Gasteiger partial charge in [0.05, 0.1) is 6.10 Å². The predicted octanol–water partition coefficient (Wildman–Crippen LogP) is 3.53. The molecule has 1 aromatic rings. The molecule has 4 heteroatoms. The lowest BCUT2D eigenvalue weighted by Crippen LogP contribution is -2.45. The second-order valence-electron chi connectivity index (χ2n) is 4.84. The molecule has 2 heterocycles. The third-order valence-electron chi connectivity index (χ3n) is 3.51. The summed E-state index contributed by atoms with van der Waals surface area (Å²) >= 11 is 5.39. The van der Waals surface area contributed by atoms with Gasteiger partial charge in [-0.2, -0.15) is 11.8 Å². The molecule has 0 aliphatic carbocycles. The van der Waals surface area contributed by atoms with Crippen LogP contribution in [-0.2, 0) is 0 Å². The van der Waals surface area contributed by atoms with Crippen molar-refractivity contribution < 1.29 is 9.84 Å². The predicted molar refractivity (Wildman–Crippen MR) is 73.6 cm³/mol. The Morgan fingerprint density at radius 3 is 3.12 bits per heavy atom. The summed E-state index contributed by atoms with van der Waals surface area (Å²) in [6.07, 6.45) is 2.59. The number of benzene rings is 1. The van der Waals surface area contributed by atoms with Gasteiger partial charge in [-0.05, 0) is 30.7 Å². The Morgan fingerprint density at radius 2 is 2.35 bits per heavy atom. The first-order chi connectivity index (χ1) is 8.19. The van der Waals surface area contributed by atoms with Crippen molar-refractivity contribution >= 4 is 27.7 Å². The molecule has 0 saturated carbocycles. The van der Waals surface area contributed by atoms with Crippen molar-refractivity contribution in [2.75, 3.05) is 11.5 Å². The van der Waals surface area contributed by atoms with Crippen LogP contribution in [0.4, 0.5) is 0 Å². The van der Waals surface area contributed by atoms with E-state index in [2.05, 4.69) is 15.9 Å². The lowest BCUT2D eigenvalue weighted by molar-refractivity contribution is -0.00558. The van der Waals surface area contributed by atoms with Gasteiger partial charge in [0, 0.05) is 22.2 Å². The zero-order valence-electron chi connectivity index (χ0n) is 9.49. The fourth-order valence-electron chi connectivity index (χ4n) is 2.68. The van der Waals surface area contributed by atoms with E-state index in [1.807, 2.05) is 30.0 Å². The summed E-state index contributed by atoms with van der Waals surface area (Å²) in [4.78, 5) is 0. The van der Waals surface area contributed by atoms with Gasteiger partial charge in [-0.1, -0.05) is 22.0 Å². The Hall–Kier alpha value is -0.190. The van der Waals surface area contributed by atoms with Gasteiger partial charge in [-0.15, -0.1) is 0 Å². The van der Waals surface area contributed by atoms with Gasteiger partial charge in [0.1, 0.15) is 11.4 Å². The Balaban J connectivity index is 1.95. The third-order valence-corrected chi connectivity index (χ3v) is 5.31. The number of thioether (sulfide) groups is 1. The van der Waals surface area contributed by atoms with E-state index in [-0.39, 0.29) is 11.7 Å². The number of ether oxygens (including phenoxy) is 1. The largest absolute Gasteiger partial charge is 0.486 e. The number of hydrogen-bond donors (Lipinski definition) is 1. The van der Waals surface area contributed by atoms with Crippen LogP contribution in [0.25, 0.3) is 0 Å². The van der Waals surface area contributed by atoms with Gasteiger partial charge in [-0.25, -0.2) is 0 Å². The molecular weight excluding hydrogens is 300 g/mol. The highest BCUT2D eigenvalue weighted by Gasteiger charge is 2.41. The number of aliphatic hydroxyl groups excluding tert-OH is 1. The lowest BCUT2D eigenvalue weighted by Gasteiger charge is -2.42. The highest BCUT2D eigenvalue weighted by atomic mass is 79.9. The molecule has 1 saturated heterocycles. The van der Waals surface area contributed by atoms with Crippen molar-refractivity contribution in [1.29, 1.82) is 0 Å². The summed E-state index contributed by atoms with van der Waals surface area (Å²) in [5, 5.41) is 10.3. The molecular formula is C13H15BrO2S. The van der Waals surface area contributed by atoms with Crippen molar-refractivity contribution in [3.8, 4) is 5.75 Å². The fraction of sp³-hybridized carbons (Fsp3) is 0.538. The van der Waals surface area contributed by atoms with E-state index < -0.39 is 0 Å². The van der Waals surface area contributed by atoms with E-state index in [0.717, 1.165) is 34.4 Å². The van der Waals surface area contributed by atoms with Crippen LogP contribution in [0, 0.1) is 0 Å². The molecule has 0 aromatic heterocycles. The average molecular weight is 315 g/mol. The first-order valence-electron chi connectivity index (χ1n) is 5.93. The van der Waals surface area contributed by atoms with Gasteiger partial charge in [0.2, 0.25) is 0 Å². The molecule has 1 N–H and O–H groups in total. The van der Waals surface area contributed by atoms with Crippen molar-refractivity contribution in [2.45, 2.75) is 31.0 Å². The molecule has 3 rings (SSSR count).